The lowest BCUT2D eigenvalue weighted by Gasteiger charge is -1.96. The Bertz CT molecular complexity index is 718. The average Bonchev–Trinajstić information content (AvgIpc) is 2.48. The lowest BCUT2D eigenvalue weighted by atomic mass is 10.2. The molecule has 0 aliphatic carbocycles. The van der Waals surface area contributed by atoms with Crippen LogP contribution in [0.25, 0.3) is 6.08 Å². The van der Waals surface area contributed by atoms with Gasteiger partial charge in [-0.25, -0.2) is 0 Å². The van der Waals surface area contributed by atoms with Crippen LogP contribution >= 0.6 is 11.6 Å². The minimum atomic E-state index is 0.660. The highest BCUT2D eigenvalue weighted by atomic mass is 35.5. The van der Waals surface area contributed by atoms with E-state index in [1.54, 1.807) is 30.3 Å². The van der Waals surface area contributed by atoms with E-state index >= 15 is 0 Å². The molecule has 0 atom stereocenters. The van der Waals surface area contributed by atoms with Crippen molar-refractivity contribution in [2.45, 2.75) is 0 Å². The van der Waals surface area contributed by atoms with Crippen molar-refractivity contribution in [1.82, 2.24) is 0 Å². The van der Waals surface area contributed by atoms with Crippen LogP contribution in [0, 0.1) is 11.3 Å². The van der Waals surface area contributed by atoms with Crippen LogP contribution in [0.2, 0.25) is 5.02 Å². The quantitative estimate of drug-likeness (QED) is 0.575. The molecule has 0 aliphatic rings. The van der Waals surface area contributed by atoms with Crippen molar-refractivity contribution in [3.63, 3.8) is 0 Å². The van der Waals surface area contributed by atoms with Crippen molar-refractivity contribution in [1.29, 1.82) is 5.26 Å². The van der Waals surface area contributed by atoms with E-state index in [1.807, 2.05) is 30.3 Å². The topological polar surface area (TPSA) is 48.5 Å². The number of allylic oxidation sites excluding steroid dienone is 1. The zero-order valence-corrected chi connectivity index (χ0v) is 11.2. The molecule has 0 N–H and O–H groups in total. The second kappa shape index (κ2) is 7.06. The summed E-state index contributed by atoms with van der Waals surface area (Å²) in [6, 6.07) is 19.1. The Balaban J connectivity index is 2.25. The van der Waals surface area contributed by atoms with Crippen molar-refractivity contribution < 1.29 is 0 Å². The Morgan fingerprint density at radius 3 is 2.50 bits per heavy atom. The number of benzene rings is 2. The van der Waals surface area contributed by atoms with Crippen LogP contribution < -0.4 is 0 Å². The van der Waals surface area contributed by atoms with Crippen molar-refractivity contribution in [3.8, 4) is 6.07 Å². The summed E-state index contributed by atoms with van der Waals surface area (Å²) in [5.41, 5.74) is 2.27. The Morgan fingerprint density at radius 2 is 1.75 bits per heavy atom. The van der Waals surface area contributed by atoms with Crippen LogP contribution in [0.5, 0.6) is 0 Å². The summed E-state index contributed by atoms with van der Waals surface area (Å²) in [4.78, 5) is 8.27. The van der Waals surface area contributed by atoms with Gasteiger partial charge in [-0.15, -0.1) is 0 Å². The van der Waals surface area contributed by atoms with Crippen LogP contribution in [-0.4, -0.2) is 6.01 Å². The molecule has 0 fully saturated rings. The van der Waals surface area contributed by atoms with E-state index in [-0.39, 0.29) is 0 Å². The van der Waals surface area contributed by atoms with Crippen LogP contribution in [-0.2, 0) is 0 Å². The summed E-state index contributed by atoms with van der Waals surface area (Å²) in [5, 5.41) is 9.21. The van der Waals surface area contributed by atoms with E-state index in [1.165, 1.54) is 6.08 Å². The third-order valence-corrected chi connectivity index (χ3v) is 2.70. The van der Waals surface area contributed by atoms with Gasteiger partial charge in [-0.3, -0.25) is 0 Å². The number of hydrogen-bond acceptors (Lipinski definition) is 3. The van der Waals surface area contributed by atoms with Crippen LogP contribution in [0.1, 0.15) is 5.56 Å². The fourth-order valence-corrected chi connectivity index (χ4v) is 1.64. The Morgan fingerprint density at radius 1 is 1.00 bits per heavy atom. The Kier molecular flexibility index (Phi) is 4.86. The average molecular weight is 280 g/mol. The normalized spacial score (nSPS) is 9.80. The molecule has 20 heavy (non-hydrogen) atoms. The lowest BCUT2D eigenvalue weighted by molar-refractivity contribution is 1.48. The summed E-state index contributed by atoms with van der Waals surface area (Å²) >= 11 is 5.79. The summed E-state index contributed by atoms with van der Waals surface area (Å²) in [6.07, 6.45) is 3.10. The standard InChI is InChI=1S/C16H10ClN3/c17-14-7-9-15(10-8-14)19-12-20-16-6-2-1-4-13(16)5-3-11-18/h1-10H/b5-3+. The fourth-order valence-electron chi connectivity index (χ4n) is 1.51. The molecular formula is C16H10ClN3. The maximum absolute atomic E-state index is 8.55. The van der Waals surface area contributed by atoms with Gasteiger partial charge in [-0.1, -0.05) is 29.8 Å². The molecule has 0 amide bonds. The van der Waals surface area contributed by atoms with E-state index in [9.17, 15) is 0 Å². The smallest absolute Gasteiger partial charge is 0.100 e. The van der Waals surface area contributed by atoms with Crippen LogP contribution in [0.3, 0.4) is 0 Å². The SMILES string of the molecule is N#C/C=C/c1ccccc1N=C=Nc1ccc(Cl)cc1. The van der Waals surface area contributed by atoms with Gasteiger partial charge in [-0.05, 0) is 36.4 Å². The molecule has 0 saturated heterocycles. The first-order valence-corrected chi connectivity index (χ1v) is 6.24. The van der Waals surface area contributed by atoms with Crippen LogP contribution in [0.15, 0.2) is 64.6 Å². The predicted octanol–water partition coefficient (Wildman–Crippen LogP) is 5.01. The second-order valence-electron chi connectivity index (χ2n) is 3.82. The van der Waals surface area contributed by atoms with Gasteiger partial charge in [0.05, 0.1) is 17.4 Å². The summed E-state index contributed by atoms with van der Waals surface area (Å²) in [7, 11) is 0. The molecule has 0 radical (unpaired) electrons. The molecule has 0 bridgehead atoms. The molecule has 96 valence electrons. The van der Waals surface area contributed by atoms with Gasteiger partial charge in [-0.2, -0.15) is 15.2 Å². The maximum Gasteiger partial charge on any atom is 0.100 e. The molecule has 3 nitrogen and oxygen atoms in total. The first-order valence-electron chi connectivity index (χ1n) is 5.87. The van der Waals surface area contributed by atoms with Crippen molar-refractivity contribution in [3.05, 3.63) is 65.2 Å². The second-order valence-corrected chi connectivity index (χ2v) is 4.26. The molecular weight excluding hydrogens is 270 g/mol. The monoisotopic (exact) mass is 279 g/mol. The minimum Gasteiger partial charge on any atom is -0.193 e. The first-order chi connectivity index (χ1) is 9.79. The number of nitriles is 1. The molecule has 0 aliphatic heterocycles. The van der Waals surface area contributed by atoms with Gasteiger partial charge >= 0.3 is 0 Å². The van der Waals surface area contributed by atoms with Gasteiger partial charge in [0, 0.05) is 16.7 Å². The lowest BCUT2D eigenvalue weighted by Crippen LogP contribution is -1.73. The molecule has 0 heterocycles. The Labute approximate surface area is 122 Å². The van der Waals surface area contributed by atoms with E-state index < -0.39 is 0 Å². The third kappa shape index (κ3) is 3.93. The number of aliphatic imine (C=N–C) groups is 2. The van der Waals surface area contributed by atoms with Gasteiger partial charge < -0.3 is 0 Å². The number of rotatable bonds is 3. The molecule has 0 aromatic heterocycles. The zero-order valence-electron chi connectivity index (χ0n) is 10.5. The number of halogens is 1. The fraction of sp³-hybridized carbons (Fsp3) is 0. The number of hydrogen-bond donors (Lipinski definition) is 0. The first kappa shape index (κ1) is 13.8. The van der Waals surface area contributed by atoms with Crippen molar-refractivity contribution in [2.75, 3.05) is 0 Å². The predicted molar refractivity (Wildman–Crippen MR) is 81.7 cm³/mol. The van der Waals surface area contributed by atoms with Crippen molar-refractivity contribution >= 4 is 35.1 Å². The van der Waals surface area contributed by atoms with Gasteiger partial charge in [0.15, 0.2) is 0 Å². The maximum atomic E-state index is 8.55. The molecule has 2 aromatic rings. The molecule has 4 heteroatoms. The highest BCUT2D eigenvalue weighted by molar-refractivity contribution is 6.30. The zero-order chi connectivity index (χ0) is 14.2. The highest BCUT2D eigenvalue weighted by Gasteiger charge is 1.94. The summed E-state index contributed by atoms with van der Waals surface area (Å²) in [5.74, 6) is 0. The number of para-hydroxylation sites is 1. The Hall–Kier alpha value is -2.66. The molecule has 0 unspecified atom stereocenters. The van der Waals surface area contributed by atoms with E-state index in [0.717, 1.165) is 11.3 Å². The van der Waals surface area contributed by atoms with Gasteiger partial charge in [0.1, 0.15) is 6.01 Å². The summed E-state index contributed by atoms with van der Waals surface area (Å²) in [6.45, 7) is 0. The van der Waals surface area contributed by atoms with E-state index in [0.29, 0.717) is 10.7 Å². The molecule has 0 saturated carbocycles. The molecule has 2 aromatic carbocycles. The molecule has 0 spiro atoms. The summed E-state index contributed by atoms with van der Waals surface area (Å²) < 4.78 is 0. The number of nitrogens with zero attached hydrogens (tertiary/aromatic N) is 3. The van der Waals surface area contributed by atoms with E-state index in [4.69, 9.17) is 16.9 Å². The largest absolute Gasteiger partial charge is 0.193 e. The van der Waals surface area contributed by atoms with Crippen molar-refractivity contribution in [2.24, 2.45) is 9.98 Å². The minimum absolute atomic E-state index is 0.660. The van der Waals surface area contributed by atoms with Crippen LogP contribution in [0.4, 0.5) is 11.4 Å². The van der Waals surface area contributed by atoms with E-state index in [2.05, 4.69) is 16.0 Å². The van der Waals surface area contributed by atoms with Gasteiger partial charge in [0.25, 0.3) is 0 Å². The third-order valence-electron chi connectivity index (χ3n) is 2.45. The molecule has 2 rings (SSSR count). The highest BCUT2D eigenvalue weighted by Crippen LogP contribution is 2.20. The van der Waals surface area contributed by atoms with Gasteiger partial charge in [0.2, 0.25) is 0 Å².